The van der Waals surface area contributed by atoms with E-state index < -0.39 is 22.4 Å². The number of carbonyl (C=O) groups excluding carboxylic acids is 3. The van der Waals surface area contributed by atoms with Crippen molar-refractivity contribution in [1.29, 1.82) is 0 Å². The fourth-order valence-corrected chi connectivity index (χ4v) is 7.76. The number of ketones is 2. The van der Waals surface area contributed by atoms with E-state index in [1.807, 2.05) is 6.92 Å². The molecule has 0 aromatic rings. The van der Waals surface area contributed by atoms with Gasteiger partial charge in [0.1, 0.15) is 5.76 Å². The molecule has 0 aliphatic heterocycles. The van der Waals surface area contributed by atoms with Crippen LogP contribution in [0.5, 0.6) is 0 Å². The number of fused-ring (bicyclic) bond motifs is 5. The third kappa shape index (κ3) is 2.48. The molecule has 7 atom stereocenters. The fraction of sp³-hybridized carbons (Fsp3) is 0.708. The Hall–Kier alpha value is -1.91. The summed E-state index contributed by atoms with van der Waals surface area (Å²) in [5, 5.41) is 10.0. The van der Waals surface area contributed by atoms with Gasteiger partial charge in [0.25, 0.3) is 0 Å². The van der Waals surface area contributed by atoms with Crippen LogP contribution in [0, 0.1) is 34.5 Å². The van der Waals surface area contributed by atoms with Gasteiger partial charge in [0.15, 0.2) is 17.2 Å². The minimum Gasteiger partial charge on any atom is -0.508 e. The van der Waals surface area contributed by atoms with Gasteiger partial charge in [-0.2, -0.15) is 0 Å². The zero-order valence-corrected chi connectivity index (χ0v) is 18.1. The summed E-state index contributed by atoms with van der Waals surface area (Å²) in [6.07, 6.45) is 7.07. The molecule has 4 aliphatic rings. The van der Waals surface area contributed by atoms with Crippen LogP contribution in [0.25, 0.3) is 0 Å². The van der Waals surface area contributed by atoms with Crippen LogP contribution < -0.4 is 0 Å². The maximum absolute atomic E-state index is 13.1. The molecule has 0 saturated heterocycles. The predicted molar refractivity (Wildman–Crippen MR) is 108 cm³/mol. The van der Waals surface area contributed by atoms with E-state index in [0.29, 0.717) is 12.3 Å². The lowest BCUT2D eigenvalue weighted by Crippen LogP contribution is -2.60. The first-order chi connectivity index (χ1) is 13.5. The molecule has 0 aromatic heterocycles. The molecule has 0 amide bonds. The normalized spacial score (nSPS) is 46.0. The largest absolute Gasteiger partial charge is 0.508 e. The molecule has 0 aromatic carbocycles. The van der Waals surface area contributed by atoms with Gasteiger partial charge >= 0.3 is 5.97 Å². The molecule has 0 heterocycles. The molecule has 29 heavy (non-hydrogen) atoms. The summed E-state index contributed by atoms with van der Waals surface area (Å²) in [7, 11) is 0. The number of carbonyl (C=O) groups is 3. The Morgan fingerprint density at radius 2 is 1.76 bits per heavy atom. The monoisotopic (exact) mass is 400 g/mol. The highest BCUT2D eigenvalue weighted by Crippen LogP contribution is 2.68. The number of hydrogen-bond acceptors (Lipinski definition) is 5. The van der Waals surface area contributed by atoms with Gasteiger partial charge in [0.2, 0.25) is 0 Å². The Kier molecular flexibility index (Phi) is 4.42. The molecule has 5 heteroatoms. The molecule has 3 fully saturated rings. The van der Waals surface area contributed by atoms with Crippen LogP contribution in [0.15, 0.2) is 23.5 Å². The average Bonchev–Trinajstić information content (AvgIpc) is 2.91. The Labute approximate surface area is 172 Å². The SMILES string of the molecule is CC(=O)O[C@@]1(C(C)=O)CC[C@H]2[C@@H]3CC(C)C4=CC(O)=CC(=O)[C@]4(C)[C@H]3CC[C@@]21C. The average molecular weight is 401 g/mol. The van der Waals surface area contributed by atoms with Gasteiger partial charge in [-0.1, -0.05) is 13.8 Å². The van der Waals surface area contributed by atoms with Gasteiger partial charge in [-0.15, -0.1) is 0 Å². The summed E-state index contributed by atoms with van der Waals surface area (Å²) < 4.78 is 5.80. The third-order valence-electron chi connectivity index (χ3n) is 9.04. The number of esters is 1. The highest BCUT2D eigenvalue weighted by atomic mass is 16.6. The summed E-state index contributed by atoms with van der Waals surface area (Å²) in [5.74, 6) is 0.477. The number of aliphatic hydroxyl groups is 1. The first-order valence-electron chi connectivity index (χ1n) is 10.8. The van der Waals surface area contributed by atoms with Crippen LogP contribution in [0.1, 0.15) is 66.7 Å². The van der Waals surface area contributed by atoms with Crippen LogP contribution in [-0.4, -0.2) is 28.2 Å². The second-order valence-electron chi connectivity index (χ2n) is 10.2. The molecule has 1 unspecified atom stereocenters. The number of hydrogen-bond donors (Lipinski definition) is 1. The van der Waals surface area contributed by atoms with Crippen LogP contribution in [0.2, 0.25) is 0 Å². The second-order valence-corrected chi connectivity index (χ2v) is 10.2. The van der Waals surface area contributed by atoms with E-state index in [4.69, 9.17) is 4.74 Å². The molecule has 0 bridgehead atoms. The minimum atomic E-state index is -1.05. The van der Waals surface area contributed by atoms with E-state index >= 15 is 0 Å². The van der Waals surface area contributed by atoms with Crippen molar-refractivity contribution in [1.82, 2.24) is 0 Å². The van der Waals surface area contributed by atoms with Crippen LogP contribution >= 0.6 is 0 Å². The minimum absolute atomic E-state index is 0.00605. The first kappa shape index (κ1) is 20.4. The van der Waals surface area contributed by atoms with Gasteiger partial charge in [-0.3, -0.25) is 14.4 Å². The van der Waals surface area contributed by atoms with E-state index in [1.54, 1.807) is 13.0 Å². The van der Waals surface area contributed by atoms with Crippen molar-refractivity contribution in [2.75, 3.05) is 0 Å². The predicted octanol–water partition coefficient (Wildman–Crippen LogP) is 4.32. The highest BCUT2D eigenvalue weighted by molar-refractivity contribution is 5.99. The Balaban J connectivity index is 1.76. The van der Waals surface area contributed by atoms with E-state index in [2.05, 4.69) is 13.8 Å². The summed E-state index contributed by atoms with van der Waals surface area (Å²) in [5.41, 5.74) is -1.01. The maximum Gasteiger partial charge on any atom is 0.303 e. The van der Waals surface area contributed by atoms with Gasteiger partial charge in [-0.25, -0.2) is 0 Å². The van der Waals surface area contributed by atoms with Gasteiger partial charge in [0.05, 0.1) is 5.41 Å². The lowest BCUT2D eigenvalue weighted by Gasteiger charge is -2.59. The number of aliphatic hydroxyl groups excluding tert-OH is 1. The van der Waals surface area contributed by atoms with E-state index in [0.717, 1.165) is 31.3 Å². The van der Waals surface area contributed by atoms with Gasteiger partial charge in [-0.05, 0) is 81.3 Å². The molecule has 1 N–H and O–H groups in total. The van der Waals surface area contributed by atoms with Gasteiger partial charge < -0.3 is 9.84 Å². The standard InChI is InChI=1S/C24H32O5/c1-13-10-17-18-7-9-24(14(2)25,29-15(3)26)22(18,4)8-6-19(17)23(5)20(13)11-16(27)12-21(23)28/h11-13,17-19,27H,6-10H2,1-5H3/t13?,17-,18-,19-,22-,23+,24+/m0/s1. The quantitative estimate of drug-likeness (QED) is 0.698. The number of Topliss-reactive ketones (excluding diaryl/α,β-unsaturated/α-hetero) is 1. The zero-order valence-electron chi connectivity index (χ0n) is 18.1. The Bertz CT molecular complexity index is 853. The van der Waals surface area contributed by atoms with Crippen LogP contribution in [-0.2, 0) is 19.1 Å². The van der Waals surface area contributed by atoms with Crippen molar-refractivity contribution in [3.63, 3.8) is 0 Å². The second kappa shape index (κ2) is 6.29. The van der Waals surface area contributed by atoms with Crippen molar-refractivity contribution >= 4 is 17.5 Å². The molecular weight excluding hydrogens is 368 g/mol. The number of allylic oxidation sites excluding steroid dienone is 3. The Morgan fingerprint density at radius 3 is 2.38 bits per heavy atom. The van der Waals surface area contributed by atoms with Crippen molar-refractivity contribution < 1.29 is 24.2 Å². The van der Waals surface area contributed by atoms with Crippen molar-refractivity contribution in [3.05, 3.63) is 23.5 Å². The molecule has 3 saturated carbocycles. The number of rotatable bonds is 2. The summed E-state index contributed by atoms with van der Waals surface area (Å²) in [6, 6.07) is 0. The molecule has 4 aliphatic carbocycles. The summed E-state index contributed by atoms with van der Waals surface area (Å²) in [4.78, 5) is 37.8. The number of ether oxygens (including phenoxy) is 1. The van der Waals surface area contributed by atoms with E-state index in [9.17, 15) is 19.5 Å². The Morgan fingerprint density at radius 1 is 1.10 bits per heavy atom. The molecular formula is C24H32O5. The molecule has 0 radical (unpaired) electrons. The van der Waals surface area contributed by atoms with Gasteiger partial charge in [0, 0.05) is 18.4 Å². The van der Waals surface area contributed by atoms with Crippen molar-refractivity contribution in [2.45, 2.75) is 72.3 Å². The lowest BCUT2D eigenvalue weighted by atomic mass is 9.45. The molecule has 0 spiro atoms. The van der Waals surface area contributed by atoms with Crippen LogP contribution in [0.3, 0.4) is 0 Å². The zero-order chi connectivity index (χ0) is 21.4. The third-order valence-corrected chi connectivity index (χ3v) is 9.04. The smallest absolute Gasteiger partial charge is 0.303 e. The van der Waals surface area contributed by atoms with E-state index in [1.165, 1.54) is 13.0 Å². The molecule has 158 valence electrons. The summed E-state index contributed by atoms with van der Waals surface area (Å²) in [6.45, 7) is 9.23. The first-order valence-corrected chi connectivity index (χ1v) is 10.8. The van der Waals surface area contributed by atoms with Crippen molar-refractivity contribution in [3.8, 4) is 0 Å². The molecule has 4 rings (SSSR count). The van der Waals surface area contributed by atoms with E-state index in [-0.39, 0.29) is 35.1 Å². The molecule has 5 nitrogen and oxygen atoms in total. The summed E-state index contributed by atoms with van der Waals surface area (Å²) >= 11 is 0. The highest BCUT2D eigenvalue weighted by Gasteiger charge is 2.68. The lowest BCUT2D eigenvalue weighted by molar-refractivity contribution is -0.187. The maximum atomic E-state index is 13.1. The fourth-order valence-electron chi connectivity index (χ4n) is 7.76. The van der Waals surface area contributed by atoms with Crippen LogP contribution in [0.4, 0.5) is 0 Å². The topological polar surface area (TPSA) is 80.7 Å². The van der Waals surface area contributed by atoms with Crippen molar-refractivity contribution in [2.24, 2.45) is 34.5 Å².